The number of aromatic nitrogens is 1. The lowest BCUT2D eigenvalue weighted by molar-refractivity contribution is -0.115. The standard InChI is InChI=1S/C23H26N6O2S/c30-21-20(32-23(31)28-21)12-18-4-8-26-22(27-18)29-9-5-15(6-10-29)13-24-14-16-1-2-19-17(11-16)3-7-25-19/h1-4,7-8,11-12,15,22,24-25,27H,5-6,9-10,13-14H2,(H,28,30,31)/b20-12-. The van der Waals surface area contributed by atoms with E-state index >= 15 is 0 Å². The third kappa shape index (κ3) is 4.79. The number of rotatable bonds is 6. The van der Waals surface area contributed by atoms with Crippen molar-refractivity contribution < 1.29 is 9.59 Å². The number of allylic oxidation sites excluding steroid dienone is 2. The van der Waals surface area contributed by atoms with Crippen molar-refractivity contribution in [2.24, 2.45) is 10.9 Å². The molecule has 9 heteroatoms. The highest BCUT2D eigenvalue weighted by Crippen LogP contribution is 2.25. The van der Waals surface area contributed by atoms with E-state index in [9.17, 15) is 9.59 Å². The molecule has 166 valence electrons. The van der Waals surface area contributed by atoms with Crippen molar-refractivity contribution in [2.45, 2.75) is 25.7 Å². The van der Waals surface area contributed by atoms with E-state index in [1.54, 1.807) is 12.3 Å². The Balaban J connectivity index is 1.07. The number of carbonyl (C=O) groups is 2. The molecule has 3 aliphatic heterocycles. The summed E-state index contributed by atoms with van der Waals surface area (Å²) in [6.45, 7) is 3.83. The van der Waals surface area contributed by atoms with Gasteiger partial charge in [0.25, 0.3) is 11.1 Å². The molecule has 1 unspecified atom stereocenters. The van der Waals surface area contributed by atoms with Crippen LogP contribution in [-0.4, -0.2) is 53.2 Å². The van der Waals surface area contributed by atoms with Crippen LogP contribution in [0.2, 0.25) is 0 Å². The molecule has 0 spiro atoms. The van der Waals surface area contributed by atoms with Gasteiger partial charge in [0.2, 0.25) is 0 Å². The van der Waals surface area contributed by atoms with Crippen molar-refractivity contribution in [3.05, 3.63) is 58.8 Å². The van der Waals surface area contributed by atoms with Crippen molar-refractivity contribution in [1.82, 2.24) is 25.8 Å². The third-order valence-electron chi connectivity index (χ3n) is 6.08. The predicted octanol–water partition coefficient (Wildman–Crippen LogP) is 2.68. The number of hydrogen-bond acceptors (Lipinski definition) is 7. The van der Waals surface area contributed by atoms with E-state index in [0.717, 1.165) is 56.5 Å². The van der Waals surface area contributed by atoms with E-state index in [2.05, 4.69) is 55.1 Å². The molecule has 0 radical (unpaired) electrons. The molecule has 8 nitrogen and oxygen atoms in total. The van der Waals surface area contributed by atoms with Gasteiger partial charge in [0.05, 0.1) is 4.91 Å². The quantitative estimate of drug-likeness (QED) is 0.505. The van der Waals surface area contributed by atoms with E-state index < -0.39 is 0 Å². The van der Waals surface area contributed by atoms with E-state index in [0.29, 0.717) is 10.8 Å². The SMILES string of the molecule is O=C1NC(=O)/C(=C/C2=CC=NC(N3CCC(CNCc4ccc5[nH]ccc5c4)CC3)N2)S1. The molecule has 3 aliphatic rings. The third-order valence-corrected chi connectivity index (χ3v) is 6.89. The van der Waals surface area contributed by atoms with Gasteiger partial charge < -0.3 is 15.6 Å². The van der Waals surface area contributed by atoms with Gasteiger partial charge >= 0.3 is 0 Å². The van der Waals surface area contributed by atoms with E-state index in [-0.39, 0.29) is 17.4 Å². The minimum atomic E-state index is -0.344. The van der Waals surface area contributed by atoms with Gasteiger partial charge in [0.15, 0.2) is 6.29 Å². The molecular weight excluding hydrogens is 424 g/mol. The minimum Gasteiger partial charge on any atom is -0.361 e. The first kappa shape index (κ1) is 21.0. The van der Waals surface area contributed by atoms with Gasteiger partial charge in [0, 0.05) is 43.3 Å². The Morgan fingerprint density at radius 2 is 2.09 bits per heavy atom. The Hall–Kier alpha value is -2.88. The maximum Gasteiger partial charge on any atom is 0.290 e. The van der Waals surface area contributed by atoms with Gasteiger partial charge in [-0.1, -0.05) is 6.07 Å². The zero-order chi connectivity index (χ0) is 21.9. The van der Waals surface area contributed by atoms with Gasteiger partial charge in [-0.2, -0.15) is 0 Å². The molecule has 1 atom stereocenters. The summed E-state index contributed by atoms with van der Waals surface area (Å²) >= 11 is 0.925. The highest BCUT2D eigenvalue weighted by atomic mass is 32.2. The number of aromatic amines is 1. The number of piperidine rings is 1. The maximum absolute atomic E-state index is 11.8. The molecule has 1 aromatic heterocycles. The summed E-state index contributed by atoms with van der Waals surface area (Å²) in [5.74, 6) is 0.305. The number of likely N-dealkylation sites (tertiary alicyclic amines) is 1. The number of aliphatic imine (C=N–C) groups is 1. The van der Waals surface area contributed by atoms with Crippen LogP contribution in [0.4, 0.5) is 4.79 Å². The highest BCUT2D eigenvalue weighted by molar-refractivity contribution is 8.18. The molecular formula is C23H26N6O2S. The number of H-pyrrole nitrogens is 1. The van der Waals surface area contributed by atoms with Gasteiger partial charge in [-0.25, -0.2) is 0 Å². The number of fused-ring (bicyclic) bond motifs is 1. The summed E-state index contributed by atoms with van der Waals surface area (Å²) in [5.41, 5.74) is 3.27. The van der Waals surface area contributed by atoms with Crippen molar-refractivity contribution in [2.75, 3.05) is 19.6 Å². The average molecular weight is 451 g/mol. The molecule has 4 N–H and O–H groups in total. The topological polar surface area (TPSA) is 102 Å². The van der Waals surface area contributed by atoms with Gasteiger partial charge in [-0.3, -0.25) is 24.8 Å². The number of carbonyl (C=O) groups excluding carboxylic acids is 2. The molecule has 2 amide bonds. The monoisotopic (exact) mass is 450 g/mol. The zero-order valence-electron chi connectivity index (χ0n) is 17.6. The van der Waals surface area contributed by atoms with Crippen LogP contribution in [0, 0.1) is 5.92 Å². The van der Waals surface area contributed by atoms with Crippen LogP contribution in [0.5, 0.6) is 0 Å². The number of amides is 2. The number of benzene rings is 1. The fraction of sp³-hybridized carbons (Fsp3) is 0.348. The van der Waals surface area contributed by atoms with Crippen molar-refractivity contribution >= 4 is 40.0 Å². The highest BCUT2D eigenvalue weighted by Gasteiger charge is 2.28. The van der Waals surface area contributed by atoms with Crippen LogP contribution < -0.4 is 16.0 Å². The molecule has 2 saturated heterocycles. The van der Waals surface area contributed by atoms with Crippen molar-refractivity contribution in [1.29, 1.82) is 0 Å². The summed E-state index contributed by atoms with van der Waals surface area (Å²) in [4.78, 5) is 33.6. The van der Waals surface area contributed by atoms with Gasteiger partial charge in [-0.05, 0) is 78.4 Å². The normalized spacial score (nSPS) is 23.6. The van der Waals surface area contributed by atoms with Crippen molar-refractivity contribution in [3.63, 3.8) is 0 Å². The van der Waals surface area contributed by atoms with Crippen LogP contribution in [0.1, 0.15) is 18.4 Å². The number of thioether (sulfide) groups is 1. The van der Waals surface area contributed by atoms with Crippen LogP contribution in [0.15, 0.2) is 58.2 Å². The van der Waals surface area contributed by atoms with E-state index in [1.165, 1.54) is 16.5 Å². The first-order chi connectivity index (χ1) is 15.6. The smallest absolute Gasteiger partial charge is 0.290 e. The zero-order valence-corrected chi connectivity index (χ0v) is 18.5. The number of nitrogens with one attached hydrogen (secondary N) is 4. The Morgan fingerprint density at radius 3 is 2.91 bits per heavy atom. The first-order valence-electron chi connectivity index (χ1n) is 10.9. The summed E-state index contributed by atoms with van der Waals surface area (Å²) in [6, 6.07) is 8.65. The fourth-order valence-electron chi connectivity index (χ4n) is 4.31. The Bertz CT molecular complexity index is 1110. The lowest BCUT2D eigenvalue weighted by Crippen LogP contribution is -2.49. The van der Waals surface area contributed by atoms with Gasteiger partial charge in [-0.15, -0.1) is 0 Å². The molecule has 0 saturated carbocycles. The summed E-state index contributed by atoms with van der Waals surface area (Å²) in [5, 5.41) is 10.2. The Kier molecular flexibility index (Phi) is 6.11. The summed E-state index contributed by atoms with van der Waals surface area (Å²) in [6.07, 6.45) is 9.36. The maximum atomic E-state index is 11.8. The Labute approximate surface area is 190 Å². The van der Waals surface area contributed by atoms with Gasteiger partial charge in [0.1, 0.15) is 0 Å². The fourth-order valence-corrected chi connectivity index (χ4v) is 4.98. The molecule has 5 rings (SSSR count). The van der Waals surface area contributed by atoms with Crippen LogP contribution in [0.3, 0.4) is 0 Å². The number of imide groups is 1. The van der Waals surface area contributed by atoms with E-state index in [1.807, 2.05) is 12.3 Å². The minimum absolute atomic E-state index is 0.140. The number of hydrogen-bond donors (Lipinski definition) is 4. The molecule has 1 aromatic carbocycles. The van der Waals surface area contributed by atoms with E-state index in [4.69, 9.17) is 0 Å². The second-order valence-electron chi connectivity index (χ2n) is 8.30. The van der Waals surface area contributed by atoms with Crippen LogP contribution in [-0.2, 0) is 11.3 Å². The molecule has 32 heavy (non-hydrogen) atoms. The predicted molar refractivity (Wildman–Crippen MR) is 127 cm³/mol. The second kappa shape index (κ2) is 9.32. The second-order valence-corrected chi connectivity index (χ2v) is 9.31. The lowest BCUT2D eigenvalue weighted by atomic mass is 9.96. The first-order valence-corrected chi connectivity index (χ1v) is 11.7. The average Bonchev–Trinajstić information content (AvgIpc) is 3.39. The largest absolute Gasteiger partial charge is 0.361 e. The lowest BCUT2D eigenvalue weighted by Gasteiger charge is -2.37. The molecule has 0 bridgehead atoms. The molecule has 2 fully saturated rings. The number of nitrogens with zero attached hydrogens (tertiary/aromatic N) is 2. The molecule has 2 aromatic rings. The van der Waals surface area contributed by atoms with Crippen LogP contribution >= 0.6 is 11.8 Å². The van der Waals surface area contributed by atoms with Crippen molar-refractivity contribution in [3.8, 4) is 0 Å². The summed E-state index contributed by atoms with van der Waals surface area (Å²) in [7, 11) is 0. The van der Waals surface area contributed by atoms with Crippen LogP contribution in [0.25, 0.3) is 10.9 Å². The molecule has 4 heterocycles. The summed E-state index contributed by atoms with van der Waals surface area (Å²) < 4.78 is 0. The molecule has 0 aliphatic carbocycles. The Morgan fingerprint density at radius 1 is 1.22 bits per heavy atom.